The van der Waals surface area contributed by atoms with Gasteiger partial charge >= 0.3 is 12.1 Å². The Bertz CT molecular complexity index is 551. The Balaban J connectivity index is 2.11. The van der Waals surface area contributed by atoms with Gasteiger partial charge in [-0.3, -0.25) is 9.88 Å². The van der Waals surface area contributed by atoms with E-state index in [1.54, 1.807) is 18.5 Å². The van der Waals surface area contributed by atoms with Gasteiger partial charge in [-0.2, -0.15) is 0 Å². The van der Waals surface area contributed by atoms with Gasteiger partial charge in [0, 0.05) is 18.8 Å². The predicted molar refractivity (Wildman–Crippen MR) is 77.3 cm³/mol. The maximum Gasteiger partial charge on any atom is 0.415 e. The standard InChI is InChI=1S/C15H20N2O4/c1-15(2,3)5-7-21-14(20)17-11-4-6-16-9-10(11)8-12(17)13(18)19/h4,6,9,12H,5,7-8H2,1-3H3,(H,18,19). The first-order valence-corrected chi connectivity index (χ1v) is 6.91. The number of hydrogen-bond donors (Lipinski definition) is 1. The van der Waals surface area contributed by atoms with Gasteiger partial charge in [0.1, 0.15) is 6.04 Å². The maximum absolute atomic E-state index is 12.2. The highest BCUT2D eigenvalue weighted by molar-refractivity contribution is 5.98. The molecule has 2 rings (SSSR count). The van der Waals surface area contributed by atoms with E-state index in [9.17, 15) is 14.7 Å². The summed E-state index contributed by atoms with van der Waals surface area (Å²) < 4.78 is 5.24. The lowest BCUT2D eigenvalue weighted by atomic mass is 9.93. The first-order chi connectivity index (χ1) is 9.79. The van der Waals surface area contributed by atoms with Crippen LogP contribution in [0, 0.1) is 5.41 Å². The van der Waals surface area contributed by atoms with Gasteiger partial charge in [-0.15, -0.1) is 0 Å². The van der Waals surface area contributed by atoms with Crippen LogP contribution in [0.3, 0.4) is 0 Å². The molecule has 0 saturated carbocycles. The third kappa shape index (κ3) is 3.51. The number of ether oxygens (including phenoxy) is 1. The zero-order valence-corrected chi connectivity index (χ0v) is 12.5. The van der Waals surface area contributed by atoms with Crippen LogP contribution < -0.4 is 4.90 Å². The van der Waals surface area contributed by atoms with Gasteiger partial charge in [0.05, 0.1) is 12.3 Å². The van der Waals surface area contributed by atoms with E-state index in [4.69, 9.17) is 4.74 Å². The lowest BCUT2D eigenvalue weighted by molar-refractivity contribution is -0.138. The van der Waals surface area contributed by atoms with Crippen molar-refractivity contribution < 1.29 is 19.4 Å². The molecule has 0 bridgehead atoms. The summed E-state index contributed by atoms with van der Waals surface area (Å²) in [5.41, 5.74) is 1.37. The minimum atomic E-state index is -1.04. The van der Waals surface area contributed by atoms with Crippen molar-refractivity contribution >= 4 is 17.7 Å². The maximum atomic E-state index is 12.2. The van der Waals surface area contributed by atoms with Crippen molar-refractivity contribution in [1.29, 1.82) is 0 Å². The first-order valence-electron chi connectivity index (χ1n) is 6.91. The van der Waals surface area contributed by atoms with Crippen molar-refractivity contribution in [3.05, 3.63) is 24.0 Å². The number of hydrogen-bond acceptors (Lipinski definition) is 4. The molecule has 0 radical (unpaired) electrons. The molecular weight excluding hydrogens is 272 g/mol. The molecule has 1 unspecified atom stereocenters. The summed E-state index contributed by atoms with van der Waals surface area (Å²) in [7, 11) is 0. The first kappa shape index (κ1) is 15.3. The van der Waals surface area contributed by atoms with E-state index in [0.717, 1.165) is 5.56 Å². The van der Waals surface area contributed by atoms with Crippen molar-refractivity contribution in [2.24, 2.45) is 5.41 Å². The Kier molecular flexibility index (Phi) is 4.16. The van der Waals surface area contributed by atoms with Crippen molar-refractivity contribution in [2.75, 3.05) is 11.5 Å². The van der Waals surface area contributed by atoms with E-state index >= 15 is 0 Å². The van der Waals surface area contributed by atoms with Gasteiger partial charge < -0.3 is 9.84 Å². The topological polar surface area (TPSA) is 79.7 Å². The van der Waals surface area contributed by atoms with Gasteiger partial charge in [-0.25, -0.2) is 9.59 Å². The van der Waals surface area contributed by atoms with Crippen LogP contribution in [0.5, 0.6) is 0 Å². The van der Waals surface area contributed by atoms with Crippen LogP contribution in [-0.4, -0.2) is 34.8 Å². The largest absolute Gasteiger partial charge is 0.480 e. The molecule has 2 heterocycles. The molecule has 0 aliphatic carbocycles. The number of anilines is 1. The van der Waals surface area contributed by atoms with Crippen LogP contribution in [0.4, 0.5) is 10.5 Å². The third-order valence-corrected chi connectivity index (χ3v) is 3.42. The molecule has 1 aromatic heterocycles. The number of aliphatic carboxylic acids is 1. The molecule has 0 saturated heterocycles. The fraction of sp³-hybridized carbons (Fsp3) is 0.533. The number of carboxylic acid groups (broad SMARTS) is 1. The fourth-order valence-electron chi connectivity index (χ4n) is 2.22. The number of amides is 1. The number of rotatable bonds is 3. The number of aromatic nitrogens is 1. The van der Waals surface area contributed by atoms with E-state index in [-0.39, 0.29) is 18.4 Å². The zero-order valence-electron chi connectivity index (χ0n) is 12.5. The minimum Gasteiger partial charge on any atom is -0.480 e. The molecule has 6 nitrogen and oxygen atoms in total. The number of carbonyl (C=O) groups excluding carboxylic acids is 1. The predicted octanol–water partition coefficient (Wildman–Crippen LogP) is 2.47. The molecule has 1 aliphatic heterocycles. The Hall–Kier alpha value is -2.11. The number of nitrogens with zero attached hydrogens (tertiary/aromatic N) is 2. The number of fused-ring (bicyclic) bond motifs is 1. The fourth-order valence-corrected chi connectivity index (χ4v) is 2.22. The molecule has 0 aromatic carbocycles. The Morgan fingerprint density at radius 2 is 2.19 bits per heavy atom. The quantitative estimate of drug-likeness (QED) is 0.925. The normalized spacial score (nSPS) is 17.5. The molecule has 114 valence electrons. The average molecular weight is 292 g/mol. The molecule has 0 spiro atoms. The SMILES string of the molecule is CC(C)(C)CCOC(=O)N1c2ccncc2CC1C(=O)O. The van der Waals surface area contributed by atoms with E-state index in [1.165, 1.54) is 4.90 Å². The number of carboxylic acids is 1. The molecule has 6 heteroatoms. The van der Waals surface area contributed by atoms with Crippen LogP contribution in [-0.2, 0) is 16.0 Å². The summed E-state index contributed by atoms with van der Waals surface area (Å²) in [6.07, 6.45) is 3.49. The van der Waals surface area contributed by atoms with E-state index in [1.807, 2.05) is 0 Å². The van der Waals surface area contributed by atoms with E-state index in [0.29, 0.717) is 12.1 Å². The summed E-state index contributed by atoms with van der Waals surface area (Å²) in [6, 6.07) is 0.717. The monoisotopic (exact) mass is 292 g/mol. The summed E-state index contributed by atoms with van der Waals surface area (Å²) in [6.45, 7) is 6.43. The molecular formula is C15H20N2O4. The molecule has 1 aromatic rings. The van der Waals surface area contributed by atoms with Crippen molar-refractivity contribution in [2.45, 2.75) is 39.7 Å². The van der Waals surface area contributed by atoms with Crippen molar-refractivity contribution in [3.8, 4) is 0 Å². The molecule has 1 atom stereocenters. The van der Waals surface area contributed by atoms with Gasteiger partial charge in [0.25, 0.3) is 0 Å². The van der Waals surface area contributed by atoms with Crippen LogP contribution in [0.1, 0.15) is 32.8 Å². The second-order valence-electron chi connectivity index (χ2n) is 6.36. The molecule has 1 aliphatic rings. The van der Waals surface area contributed by atoms with Crippen LogP contribution >= 0.6 is 0 Å². The van der Waals surface area contributed by atoms with Crippen molar-refractivity contribution in [1.82, 2.24) is 4.98 Å². The summed E-state index contributed by atoms with van der Waals surface area (Å²) in [5.74, 6) is -1.04. The van der Waals surface area contributed by atoms with Crippen LogP contribution in [0.25, 0.3) is 0 Å². The van der Waals surface area contributed by atoms with Gasteiger partial charge in [0.2, 0.25) is 0 Å². The summed E-state index contributed by atoms with van der Waals surface area (Å²) >= 11 is 0. The second kappa shape index (κ2) is 5.71. The smallest absolute Gasteiger partial charge is 0.415 e. The van der Waals surface area contributed by atoms with Crippen LogP contribution in [0.2, 0.25) is 0 Å². The van der Waals surface area contributed by atoms with Gasteiger partial charge in [0.15, 0.2) is 0 Å². The average Bonchev–Trinajstić information content (AvgIpc) is 2.76. The van der Waals surface area contributed by atoms with Gasteiger partial charge in [-0.05, 0) is 23.5 Å². The highest BCUT2D eigenvalue weighted by Crippen LogP contribution is 2.32. The molecule has 1 amide bonds. The molecule has 1 N–H and O–H groups in total. The Morgan fingerprint density at radius 1 is 1.48 bits per heavy atom. The Morgan fingerprint density at radius 3 is 2.81 bits per heavy atom. The summed E-state index contributed by atoms with van der Waals surface area (Å²) in [5, 5.41) is 9.29. The Labute approximate surface area is 123 Å². The zero-order chi connectivity index (χ0) is 15.6. The van der Waals surface area contributed by atoms with E-state index in [2.05, 4.69) is 25.8 Å². The lowest BCUT2D eigenvalue weighted by Crippen LogP contribution is -2.43. The highest BCUT2D eigenvalue weighted by atomic mass is 16.6. The van der Waals surface area contributed by atoms with Crippen molar-refractivity contribution in [3.63, 3.8) is 0 Å². The number of carbonyl (C=O) groups is 2. The molecule has 21 heavy (non-hydrogen) atoms. The van der Waals surface area contributed by atoms with Crippen LogP contribution in [0.15, 0.2) is 18.5 Å². The molecule has 0 fully saturated rings. The van der Waals surface area contributed by atoms with Gasteiger partial charge in [-0.1, -0.05) is 20.8 Å². The third-order valence-electron chi connectivity index (χ3n) is 3.42. The number of pyridine rings is 1. The second-order valence-corrected chi connectivity index (χ2v) is 6.36. The lowest BCUT2D eigenvalue weighted by Gasteiger charge is -2.23. The minimum absolute atomic E-state index is 0.0549. The summed E-state index contributed by atoms with van der Waals surface area (Å²) in [4.78, 5) is 28.8. The van der Waals surface area contributed by atoms with E-state index < -0.39 is 18.1 Å². The highest BCUT2D eigenvalue weighted by Gasteiger charge is 2.39.